The van der Waals surface area contributed by atoms with Crippen LogP contribution in [0.4, 0.5) is 8.78 Å². The summed E-state index contributed by atoms with van der Waals surface area (Å²) in [5.41, 5.74) is 0.302. The first kappa shape index (κ1) is 10.9. The summed E-state index contributed by atoms with van der Waals surface area (Å²) < 4.78 is 28.2. The van der Waals surface area contributed by atoms with Gasteiger partial charge in [0, 0.05) is 5.56 Å². The van der Waals surface area contributed by atoms with E-state index in [1.54, 1.807) is 0 Å². The van der Waals surface area contributed by atoms with Crippen molar-refractivity contribution < 1.29 is 18.3 Å². The molecule has 1 aromatic carbocycles. The fourth-order valence-electron chi connectivity index (χ4n) is 0.852. The average Bonchev–Trinajstić information content (AvgIpc) is 2.15. The maximum absolute atomic E-state index is 11.8. The maximum Gasteiger partial charge on any atom is 0.272 e. The Morgan fingerprint density at radius 2 is 2.21 bits per heavy atom. The highest BCUT2D eigenvalue weighted by atomic mass is 35.5. The van der Waals surface area contributed by atoms with E-state index in [2.05, 4.69) is 0 Å². The molecule has 1 aromatic rings. The van der Waals surface area contributed by atoms with Crippen LogP contribution in [0.2, 0.25) is 5.02 Å². The Morgan fingerprint density at radius 3 is 2.71 bits per heavy atom. The van der Waals surface area contributed by atoms with Gasteiger partial charge in [-0.05, 0) is 18.2 Å². The number of rotatable bonds is 4. The third kappa shape index (κ3) is 2.96. The van der Waals surface area contributed by atoms with Crippen molar-refractivity contribution in [3.63, 3.8) is 0 Å². The van der Waals surface area contributed by atoms with E-state index in [1.807, 2.05) is 0 Å². The van der Waals surface area contributed by atoms with Crippen molar-refractivity contribution in [1.29, 1.82) is 0 Å². The number of hydrogen-bond acceptors (Lipinski definition) is 2. The van der Waals surface area contributed by atoms with Crippen LogP contribution in [0.5, 0.6) is 5.75 Å². The van der Waals surface area contributed by atoms with Crippen LogP contribution in [0.15, 0.2) is 18.2 Å². The minimum atomic E-state index is -2.53. The standard InChI is InChI=1S/C9H7ClF2O2/c10-8-3-7(14-5-9(11)12)2-1-6(8)4-13/h1-4,9H,5H2. The predicted octanol–water partition coefficient (Wildman–Crippen LogP) is 2.80. The molecule has 5 heteroatoms. The van der Waals surface area contributed by atoms with Gasteiger partial charge in [-0.3, -0.25) is 4.79 Å². The van der Waals surface area contributed by atoms with E-state index in [1.165, 1.54) is 18.2 Å². The summed E-state index contributed by atoms with van der Waals surface area (Å²) in [5.74, 6) is 0.223. The third-order valence-electron chi connectivity index (χ3n) is 1.47. The largest absolute Gasteiger partial charge is 0.488 e. The van der Waals surface area contributed by atoms with Crippen molar-refractivity contribution in [2.75, 3.05) is 6.61 Å². The summed E-state index contributed by atoms with van der Waals surface area (Å²) in [6.45, 7) is -0.684. The summed E-state index contributed by atoms with van der Waals surface area (Å²) in [7, 11) is 0. The molecule has 1 rings (SSSR count). The summed E-state index contributed by atoms with van der Waals surface area (Å²) in [5, 5.41) is 0.187. The van der Waals surface area contributed by atoms with E-state index in [-0.39, 0.29) is 10.8 Å². The Morgan fingerprint density at radius 1 is 1.50 bits per heavy atom. The molecule has 0 saturated carbocycles. The quantitative estimate of drug-likeness (QED) is 0.730. The van der Waals surface area contributed by atoms with Gasteiger partial charge in [0.1, 0.15) is 12.4 Å². The van der Waals surface area contributed by atoms with Crippen molar-refractivity contribution in [2.24, 2.45) is 0 Å². The zero-order chi connectivity index (χ0) is 10.6. The second-order valence-corrected chi connectivity index (χ2v) is 2.91. The molecule has 0 aliphatic carbocycles. The molecule has 0 saturated heterocycles. The van der Waals surface area contributed by atoms with Gasteiger partial charge in [0.2, 0.25) is 0 Å². The maximum atomic E-state index is 11.8. The van der Waals surface area contributed by atoms with Gasteiger partial charge >= 0.3 is 0 Å². The number of carbonyl (C=O) groups excluding carboxylic acids is 1. The zero-order valence-electron chi connectivity index (χ0n) is 7.04. The topological polar surface area (TPSA) is 26.3 Å². The molecule has 14 heavy (non-hydrogen) atoms. The van der Waals surface area contributed by atoms with Crippen molar-refractivity contribution in [3.05, 3.63) is 28.8 Å². The van der Waals surface area contributed by atoms with Gasteiger partial charge in [-0.25, -0.2) is 8.78 Å². The van der Waals surface area contributed by atoms with E-state index in [9.17, 15) is 13.6 Å². The first-order chi connectivity index (χ1) is 6.63. The Hall–Kier alpha value is -1.16. The molecular weight excluding hydrogens is 214 g/mol. The first-order valence-corrected chi connectivity index (χ1v) is 4.17. The Kier molecular flexibility index (Phi) is 3.83. The molecule has 0 aliphatic rings. The van der Waals surface area contributed by atoms with Crippen molar-refractivity contribution in [1.82, 2.24) is 0 Å². The van der Waals surface area contributed by atoms with Crippen LogP contribution >= 0.6 is 11.6 Å². The van der Waals surface area contributed by atoms with E-state index in [0.717, 1.165) is 0 Å². The highest BCUT2D eigenvalue weighted by molar-refractivity contribution is 6.33. The van der Waals surface area contributed by atoms with Gasteiger partial charge in [-0.15, -0.1) is 0 Å². The van der Waals surface area contributed by atoms with Crippen LogP contribution in [0, 0.1) is 0 Å². The summed E-state index contributed by atoms with van der Waals surface area (Å²) in [6, 6.07) is 4.15. The number of aldehydes is 1. The van der Waals surface area contributed by atoms with Crippen LogP contribution in [-0.2, 0) is 0 Å². The molecule has 0 heterocycles. The Labute approximate surface area is 84.4 Å². The van der Waals surface area contributed by atoms with Gasteiger partial charge in [-0.2, -0.15) is 0 Å². The predicted molar refractivity (Wildman–Crippen MR) is 48.3 cm³/mol. The molecule has 0 spiro atoms. The zero-order valence-corrected chi connectivity index (χ0v) is 7.80. The van der Waals surface area contributed by atoms with Crippen LogP contribution in [-0.4, -0.2) is 19.3 Å². The number of halogens is 3. The van der Waals surface area contributed by atoms with Gasteiger partial charge in [-0.1, -0.05) is 11.6 Å². The summed E-state index contributed by atoms with van der Waals surface area (Å²) in [6.07, 6.45) is -1.95. The average molecular weight is 221 g/mol. The van der Waals surface area contributed by atoms with Gasteiger partial charge in [0.05, 0.1) is 5.02 Å². The minimum Gasteiger partial charge on any atom is -0.488 e. The van der Waals surface area contributed by atoms with Gasteiger partial charge < -0.3 is 4.74 Å². The fraction of sp³-hybridized carbons (Fsp3) is 0.222. The first-order valence-electron chi connectivity index (χ1n) is 3.79. The monoisotopic (exact) mass is 220 g/mol. The van der Waals surface area contributed by atoms with Gasteiger partial charge in [0.15, 0.2) is 6.29 Å². The van der Waals surface area contributed by atoms with Crippen LogP contribution in [0.25, 0.3) is 0 Å². The molecule has 0 aliphatic heterocycles. The lowest BCUT2D eigenvalue weighted by atomic mass is 10.2. The highest BCUT2D eigenvalue weighted by Crippen LogP contribution is 2.21. The lowest BCUT2D eigenvalue weighted by molar-refractivity contribution is 0.0819. The molecule has 0 radical (unpaired) electrons. The molecule has 0 unspecified atom stereocenters. The van der Waals surface area contributed by atoms with E-state index >= 15 is 0 Å². The number of ether oxygens (including phenoxy) is 1. The molecule has 0 N–H and O–H groups in total. The van der Waals surface area contributed by atoms with Crippen molar-refractivity contribution >= 4 is 17.9 Å². The molecular formula is C9H7ClF2O2. The SMILES string of the molecule is O=Cc1ccc(OCC(F)F)cc1Cl. The lowest BCUT2D eigenvalue weighted by Gasteiger charge is -2.05. The molecule has 2 nitrogen and oxygen atoms in total. The van der Waals surface area contributed by atoms with Crippen LogP contribution in [0.3, 0.4) is 0 Å². The molecule has 0 atom stereocenters. The van der Waals surface area contributed by atoms with Crippen molar-refractivity contribution in [2.45, 2.75) is 6.43 Å². The summed E-state index contributed by atoms with van der Waals surface area (Å²) in [4.78, 5) is 10.4. The van der Waals surface area contributed by atoms with Gasteiger partial charge in [0.25, 0.3) is 6.43 Å². The van der Waals surface area contributed by atoms with Crippen LogP contribution in [0.1, 0.15) is 10.4 Å². The number of carbonyl (C=O) groups is 1. The molecule has 0 bridgehead atoms. The third-order valence-corrected chi connectivity index (χ3v) is 1.80. The van der Waals surface area contributed by atoms with Crippen LogP contribution < -0.4 is 4.74 Å². The number of hydrogen-bond donors (Lipinski definition) is 0. The lowest BCUT2D eigenvalue weighted by Crippen LogP contribution is -2.06. The second kappa shape index (κ2) is 4.91. The number of alkyl halides is 2. The molecule has 0 aromatic heterocycles. The van der Waals surface area contributed by atoms with E-state index in [0.29, 0.717) is 11.8 Å². The molecule has 0 fully saturated rings. The Bertz CT molecular complexity index is 329. The van der Waals surface area contributed by atoms with E-state index < -0.39 is 13.0 Å². The molecule has 0 amide bonds. The normalized spacial score (nSPS) is 10.3. The minimum absolute atomic E-state index is 0.187. The summed E-state index contributed by atoms with van der Waals surface area (Å²) >= 11 is 5.65. The smallest absolute Gasteiger partial charge is 0.272 e. The van der Waals surface area contributed by atoms with Crippen molar-refractivity contribution in [3.8, 4) is 5.75 Å². The Balaban J connectivity index is 2.71. The number of benzene rings is 1. The molecule has 76 valence electrons. The fourth-order valence-corrected chi connectivity index (χ4v) is 1.07. The van der Waals surface area contributed by atoms with E-state index in [4.69, 9.17) is 16.3 Å². The second-order valence-electron chi connectivity index (χ2n) is 2.50. The highest BCUT2D eigenvalue weighted by Gasteiger charge is 2.05.